The van der Waals surface area contributed by atoms with Crippen LogP contribution < -0.4 is 5.32 Å². The van der Waals surface area contributed by atoms with Crippen molar-refractivity contribution in [3.8, 4) is 0 Å². The van der Waals surface area contributed by atoms with Gasteiger partial charge in [0, 0.05) is 6.04 Å². The van der Waals surface area contributed by atoms with E-state index in [9.17, 15) is 14.0 Å². The van der Waals surface area contributed by atoms with E-state index in [0.717, 1.165) is 6.07 Å². The molecule has 0 saturated heterocycles. The van der Waals surface area contributed by atoms with Crippen LogP contribution in [0.25, 0.3) is 0 Å². The molecule has 0 fully saturated rings. The summed E-state index contributed by atoms with van der Waals surface area (Å²) in [6, 6.07) is 3.50. The van der Waals surface area contributed by atoms with Gasteiger partial charge >= 0.3 is 12.1 Å². The van der Waals surface area contributed by atoms with Crippen molar-refractivity contribution in [3.63, 3.8) is 0 Å². The second-order valence-electron chi connectivity index (χ2n) is 6.19. The SMILES string of the molecule is CC(CCc1ccc(F)cc1C(=O)O)NC(=O)OC(C)(C)C. The lowest BCUT2D eigenvalue weighted by Gasteiger charge is -2.22. The molecule has 1 rings (SSSR count). The van der Waals surface area contributed by atoms with Crippen LogP contribution in [0.5, 0.6) is 0 Å². The quantitative estimate of drug-likeness (QED) is 0.874. The maximum Gasteiger partial charge on any atom is 0.407 e. The van der Waals surface area contributed by atoms with Crippen LogP contribution in [0, 0.1) is 5.82 Å². The number of carbonyl (C=O) groups excluding carboxylic acids is 1. The second-order valence-corrected chi connectivity index (χ2v) is 6.19. The van der Waals surface area contributed by atoms with E-state index in [1.807, 2.05) is 0 Å². The summed E-state index contributed by atoms with van der Waals surface area (Å²) in [5.74, 6) is -1.75. The van der Waals surface area contributed by atoms with Gasteiger partial charge in [-0.2, -0.15) is 0 Å². The standard InChI is InChI=1S/C16H22FNO4/c1-10(18-15(21)22-16(2,3)4)5-6-11-7-8-12(17)9-13(11)14(19)20/h7-10H,5-6H2,1-4H3,(H,18,21)(H,19,20). The van der Waals surface area contributed by atoms with Gasteiger partial charge in [0.1, 0.15) is 11.4 Å². The second kappa shape index (κ2) is 7.24. The van der Waals surface area contributed by atoms with Gasteiger partial charge in [-0.25, -0.2) is 14.0 Å². The number of amides is 1. The van der Waals surface area contributed by atoms with Crippen molar-refractivity contribution in [2.75, 3.05) is 0 Å². The van der Waals surface area contributed by atoms with E-state index in [4.69, 9.17) is 9.84 Å². The lowest BCUT2D eigenvalue weighted by atomic mass is 10.0. The summed E-state index contributed by atoms with van der Waals surface area (Å²) in [4.78, 5) is 22.7. The highest BCUT2D eigenvalue weighted by molar-refractivity contribution is 5.89. The van der Waals surface area contributed by atoms with Crippen molar-refractivity contribution < 1.29 is 23.8 Å². The Balaban J connectivity index is 2.59. The fraction of sp³-hybridized carbons (Fsp3) is 0.500. The minimum Gasteiger partial charge on any atom is -0.478 e. The number of benzene rings is 1. The van der Waals surface area contributed by atoms with Crippen LogP contribution in [0.1, 0.15) is 50.0 Å². The molecule has 1 aromatic rings. The Hall–Kier alpha value is -2.11. The summed E-state index contributed by atoms with van der Waals surface area (Å²) in [6.45, 7) is 7.12. The predicted molar refractivity (Wildman–Crippen MR) is 80.5 cm³/mol. The number of halogens is 1. The van der Waals surface area contributed by atoms with Crippen LogP contribution in [-0.2, 0) is 11.2 Å². The lowest BCUT2D eigenvalue weighted by molar-refractivity contribution is 0.0505. The molecule has 5 nitrogen and oxygen atoms in total. The molecule has 1 aromatic carbocycles. The van der Waals surface area contributed by atoms with Crippen molar-refractivity contribution >= 4 is 12.1 Å². The molecule has 0 aliphatic heterocycles. The Morgan fingerprint density at radius 1 is 1.36 bits per heavy atom. The zero-order valence-electron chi connectivity index (χ0n) is 13.3. The molecule has 1 unspecified atom stereocenters. The Morgan fingerprint density at radius 2 is 2.00 bits per heavy atom. The Bertz CT molecular complexity index is 552. The van der Waals surface area contributed by atoms with Crippen molar-refractivity contribution in [1.29, 1.82) is 0 Å². The van der Waals surface area contributed by atoms with E-state index < -0.39 is 23.5 Å². The van der Waals surface area contributed by atoms with Gasteiger partial charge in [0.25, 0.3) is 0 Å². The van der Waals surface area contributed by atoms with Crippen LogP contribution in [-0.4, -0.2) is 28.8 Å². The smallest absolute Gasteiger partial charge is 0.407 e. The predicted octanol–water partition coefficient (Wildman–Crippen LogP) is 3.37. The lowest BCUT2D eigenvalue weighted by Crippen LogP contribution is -2.37. The molecule has 0 saturated carbocycles. The van der Waals surface area contributed by atoms with Crippen LogP contribution >= 0.6 is 0 Å². The number of carboxylic acids is 1. The van der Waals surface area contributed by atoms with Crippen molar-refractivity contribution in [2.24, 2.45) is 0 Å². The fourth-order valence-corrected chi connectivity index (χ4v) is 1.92. The van der Waals surface area contributed by atoms with Gasteiger partial charge in [-0.15, -0.1) is 0 Å². The van der Waals surface area contributed by atoms with Gasteiger partial charge in [-0.3, -0.25) is 0 Å². The highest BCUT2D eigenvalue weighted by atomic mass is 19.1. The van der Waals surface area contributed by atoms with E-state index in [1.54, 1.807) is 27.7 Å². The highest BCUT2D eigenvalue weighted by Gasteiger charge is 2.18. The number of rotatable bonds is 5. The van der Waals surface area contributed by atoms with Gasteiger partial charge in [0.05, 0.1) is 5.56 Å². The van der Waals surface area contributed by atoms with Crippen LogP contribution in [0.4, 0.5) is 9.18 Å². The summed E-state index contributed by atoms with van der Waals surface area (Å²) in [6.07, 6.45) is 0.418. The first-order valence-electron chi connectivity index (χ1n) is 7.09. The maximum absolute atomic E-state index is 13.1. The minimum absolute atomic E-state index is 0.0514. The Morgan fingerprint density at radius 3 is 2.55 bits per heavy atom. The van der Waals surface area contributed by atoms with Crippen LogP contribution in [0.15, 0.2) is 18.2 Å². The molecular formula is C16H22FNO4. The van der Waals surface area contributed by atoms with E-state index in [-0.39, 0.29) is 11.6 Å². The minimum atomic E-state index is -1.16. The van der Waals surface area contributed by atoms with Gasteiger partial charge in [0.2, 0.25) is 0 Å². The monoisotopic (exact) mass is 311 g/mol. The molecule has 22 heavy (non-hydrogen) atoms. The first kappa shape index (κ1) is 17.9. The van der Waals surface area contributed by atoms with Gasteiger partial charge in [-0.05, 0) is 58.2 Å². The van der Waals surface area contributed by atoms with E-state index in [1.165, 1.54) is 12.1 Å². The van der Waals surface area contributed by atoms with Crippen molar-refractivity contribution in [2.45, 2.75) is 52.2 Å². The van der Waals surface area contributed by atoms with Gasteiger partial charge < -0.3 is 15.2 Å². The summed E-state index contributed by atoms with van der Waals surface area (Å²) >= 11 is 0. The molecule has 0 radical (unpaired) electrons. The molecule has 0 aliphatic carbocycles. The fourth-order valence-electron chi connectivity index (χ4n) is 1.92. The van der Waals surface area contributed by atoms with E-state index >= 15 is 0 Å². The molecule has 0 aliphatic rings. The number of carboxylic acid groups (broad SMARTS) is 1. The molecule has 0 bridgehead atoms. The maximum atomic E-state index is 13.1. The third kappa shape index (κ3) is 6.11. The van der Waals surface area contributed by atoms with Crippen molar-refractivity contribution in [1.82, 2.24) is 5.32 Å². The number of hydrogen-bond donors (Lipinski definition) is 2. The largest absolute Gasteiger partial charge is 0.478 e. The average molecular weight is 311 g/mol. The molecule has 0 spiro atoms. The summed E-state index contributed by atoms with van der Waals surface area (Å²) < 4.78 is 18.2. The van der Waals surface area contributed by atoms with E-state index in [2.05, 4.69) is 5.32 Å². The molecular weight excluding hydrogens is 289 g/mol. The summed E-state index contributed by atoms with van der Waals surface area (Å²) in [5, 5.41) is 11.8. The normalized spacial score (nSPS) is 12.6. The molecule has 2 N–H and O–H groups in total. The number of carbonyl (C=O) groups is 2. The van der Waals surface area contributed by atoms with E-state index in [0.29, 0.717) is 18.4 Å². The molecule has 6 heteroatoms. The molecule has 1 amide bonds. The third-order valence-electron chi connectivity index (χ3n) is 2.91. The number of ether oxygens (including phenoxy) is 1. The van der Waals surface area contributed by atoms with Gasteiger partial charge in [-0.1, -0.05) is 6.07 Å². The number of nitrogens with one attached hydrogen (secondary N) is 1. The first-order chi connectivity index (χ1) is 10.1. The van der Waals surface area contributed by atoms with Gasteiger partial charge in [0.15, 0.2) is 0 Å². The van der Waals surface area contributed by atoms with Crippen molar-refractivity contribution in [3.05, 3.63) is 35.1 Å². The molecule has 0 heterocycles. The van der Waals surface area contributed by atoms with Crippen LogP contribution in [0.2, 0.25) is 0 Å². The topological polar surface area (TPSA) is 75.6 Å². The molecule has 0 aromatic heterocycles. The first-order valence-corrected chi connectivity index (χ1v) is 7.09. The average Bonchev–Trinajstić information content (AvgIpc) is 2.34. The zero-order valence-corrected chi connectivity index (χ0v) is 13.3. The summed E-state index contributed by atoms with van der Waals surface area (Å²) in [7, 11) is 0. The Kier molecular flexibility index (Phi) is 5.91. The Labute approximate surface area is 129 Å². The summed E-state index contributed by atoms with van der Waals surface area (Å²) in [5.41, 5.74) is -0.0896. The number of aryl methyl sites for hydroxylation is 1. The number of aromatic carboxylic acids is 1. The number of alkyl carbamates (subject to hydrolysis) is 1. The van der Waals surface area contributed by atoms with Crippen LogP contribution in [0.3, 0.4) is 0 Å². The molecule has 122 valence electrons. The third-order valence-corrected chi connectivity index (χ3v) is 2.91. The zero-order chi connectivity index (χ0) is 16.9. The molecule has 1 atom stereocenters. The number of hydrogen-bond acceptors (Lipinski definition) is 3. The highest BCUT2D eigenvalue weighted by Crippen LogP contribution is 2.15.